The fourth-order valence-corrected chi connectivity index (χ4v) is 2.07. The van der Waals surface area contributed by atoms with Gasteiger partial charge in [0.2, 0.25) is 11.8 Å². The first kappa shape index (κ1) is 13.6. The molecule has 0 aliphatic carbocycles. The summed E-state index contributed by atoms with van der Waals surface area (Å²) >= 11 is 1.37. The molecule has 2 aromatic heterocycles. The van der Waals surface area contributed by atoms with Crippen LogP contribution >= 0.6 is 11.3 Å². The average Bonchev–Trinajstić information content (AvgIpc) is 2.94. The van der Waals surface area contributed by atoms with Crippen molar-refractivity contribution in [3.63, 3.8) is 0 Å². The van der Waals surface area contributed by atoms with E-state index in [9.17, 15) is 18.0 Å². The maximum absolute atomic E-state index is 12.1. The first-order valence-corrected chi connectivity index (χ1v) is 6.09. The van der Waals surface area contributed by atoms with Crippen LogP contribution in [0.25, 0.3) is 10.6 Å². The predicted octanol–water partition coefficient (Wildman–Crippen LogP) is 3.21. The zero-order valence-electron chi connectivity index (χ0n) is 9.77. The Balaban J connectivity index is 2.29. The van der Waals surface area contributed by atoms with E-state index in [1.807, 2.05) is 0 Å². The summed E-state index contributed by atoms with van der Waals surface area (Å²) in [6, 6.07) is 4.85. The first-order chi connectivity index (χ1) is 8.87. The van der Waals surface area contributed by atoms with Crippen LogP contribution in [0.5, 0.6) is 5.88 Å². The Morgan fingerprint density at radius 2 is 2.26 bits per heavy atom. The van der Waals surface area contributed by atoms with Crippen LogP contribution in [0.1, 0.15) is 11.7 Å². The number of carbonyl (C=O) groups excluding carboxylic acids is 1. The highest BCUT2D eigenvalue weighted by Gasteiger charge is 2.29. The summed E-state index contributed by atoms with van der Waals surface area (Å²) in [6.45, 7) is -0.262. The summed E-state index contributed by atoms with van der Waals surface area (Å²) in [5.41, 5.74) is 0.405. The largest absolute Gasteiger partial charge is 0.468 e. The van der Waals surface area contributed by atoms with Gasteiger partial charge in [-0.15, -0.1) is 11.3 Å². The molecule has 0 spiro atoms. The van der Waals surface area contributed by atoms with Gasteiger partial charge in [0.05, 0.1) is 4.88 Å². The second-order valence-electron chi connectivity index (χ2n) is 3.68. The minimum Gasteiger partial charge on any atom is -0.468 e. The number of thiophene rings is 1. The Labute approximate surface area is 110 Å². The van der Waals surface area contributed by atoms with Crippen molar-refractivity contribution in [1.29, 1.82) is 0 Å². The monoisotopic (exact) mass is 290 g/mol. The van der Waals surface area contributed by atoms with Crippen LogP contribution in [0, 0.1) is 0 Å². The highest BCUT2D eigenvalue weighted by Crippen LogP contribution is 2.28. The van der Waals surface area contributed by atoms with Crippen LogP contribution in [0.15, 0.2) is 23.6 Å². The van der Waals surface area contributed by atoms with E-state index in [0.717, 1.165) is 9.56 Å². The number of halogens is 3. The molecule has 0 radical (unpaired) electrons. The molecule has 2 aromatic rings. The molecule has 19 heavy (non-hydrogen) atoms. The molecule has 0 N–H and O–H groups in total. The van der Waals surface area contributed by atoms with Gasteiger partial charge in [-0.2, -0.15) is 23.0 Å². The van der Waals surface area contributed by atoms with Crippen molar-refractivity contribution in [3.05, 3.63) is 23.6 Å². The molecule has 4 nitrogen and oxygen atoms in total. The summed E-state index contributed by atoms with van der Waals surface area (Å²) in [5.74, 6) is -0.729. The lowest BCUT2D eigenvalue weighted by atomic mass is 10.3. The maximum atomic E-state index is 12.1. The molecule has 0 saturated heterocycles. The number of rotatable bonds is 3. The topological polar surface area (TPSA) is 44.1 Å². The van der Waals surface area contributed by atoms with Crippen molar-refractivity contribution in [1.82, 2.24) is 9.78 Å². The smallest absolute Gasteiger partial charge is 0.422 e. The summed E-state index contributed by atoms with van der Waals surface area (Å²) in [5, 5.41) is 5.74. The fraction of sp³-hybridized carbons (Fsp3) is 0.273. The molecule has 0 fully saturated rings. The van der Waals surface area contributed by atoms with Gasteiger partial charge in [0.1, 0.15) is 5.69 Å². The van der Waals surface area contributed by atoms with Crippen molar-refractivity contribution in [2.24, 2.45) is 0 Å². The van der Waals surface area contributed by atoms with Crippen LogP contribution in [0.2, 0.25) is 0 Å². The van der Waals surface area contributed by atoms with E-state index >= 15 is 0 Å². The second-order valence-corrected chi connectivity index (χ2v) is 4.63. The molecule has 0 aromatic carbocycles. The molecule has 8 heteroatoms. The lowest BCUT2D eigenvalue weighted by Crippen LogP contribution is -2.21. The zero-order chi connectivity index (χ0) is 14.0. The molecule has 0 aliphatic rings. The molecular weight excluding hydrogens is 281 g/mol. The van der Waals surface area contributed by atoms with Gasteiger partial charge in [-0.05, 0) is 11.4 Å². The predicted molar refractivity (Wildman–Crippen MR) is 63.4 cm³/mol. The SMILES string of the molecule is CC(=O)n1nc(-c2cccs2)cc1OCC(F)(F)F. The number of alkyl halides is 3. The second kappa shape index (κ2) is 5.04. The van der Waals surface area contributed by atoms with Gasteiger partial charge in [0.15, 0.2) is 6.61 Å². The molecule has 2 heterocycles. The van der Waals surface area contributed by atoms with Crippen LogP contribution in [0.3, 0.4) is 0 Å². The van der Waals surface area contributed by atoms with E-state index in [-0.39, 0.29) is 5.88 Å². The number of aromatic nitrogens is 2. The lowest BCUT2D eigenvalue weighted by molar-refractivity contribution is -0.154. The van der Waals surface area contributed by atoms with Crippen molar-refractivity contribution in [3.8, 4) is 16.5 Å². The van der Waals surface area contributed by atoms with E-state index in [4.69, 9.17) is 0 Å². The number of ether oxygens (including phenoxy) is 1. The molecule has 0 bridgehead atoms. The van der Waals surface area contributed by atoms with Gasteiger partial charge in [0, 0.05) is 13.0 Å². The molecule has 0 unspecified atom stereocenters. The van der Waals surface area contributed by atoms with Crippen LogP contribution in [-0.2, 0) is 0 Å². The summed E-state index contributed by atoms with van der Waals surface area (Å²) in [7, 11) is 0. The Bertz CT molecular complexity index is 575. The molecular formula is C11H9F3N2O2S. The number of hydrogen-bond donors (Lipinski definition) is 0. The van der Waals surface area contributed by atoms with Gasteiger partial charge in [-0.1, -0.05) is 6.07 Å². The van der Waals surface area contributed by atoms with E-state index < -0.39 is 18.7 Å². The van der Waals surface area contributed by atoms with Crippen LogP contribution in [0.4, 0.5) is 13.2 Å². The Kier molecular flexibility index (Phi) is 3.61. The van der Waals surface area contributed by atoms with E-state index in [1.165, 1.54) is 24.3 Å². The van der Waals surface area contributed by atoms with Crippen molar-refractivity contribution in [2.75, 3.05) is 6.61 Å². The molecule has 2 rings (SSSR count). The summed E-state index contributed by atoms with van der Waals surface area (Å²) < 4.78 is 41.8. The highest BCUT2D eigenvalue weighted by atomic mass is 32.1. The number of carbonyl (C=O) groups is 1. The number of hydrogen-bond acceptors (Lipinski definition) is 4. The maximum Gasteiger partial charge on any atom is 0.422 e. The number of nitrogens with zero attached hydrogens (tertiary/aromatic N) is 2. The zero-order valence-corrected chi connectivity index (χ0v) is 10.6. The molecule has 0 amide bonds. The lowest BCUT2D eigenvalue weighted by Gasteiger charge is -2.08. The minimum atomic E-state index is -4.46. The molecule has 102 valence electrons. The van der Waals surface area contributed by atoms with Gasteiger partial charge in [-0.25, -0.2) is 0 Å². The third-order valence-electron chi connectivity index (χ3n) is 2.13. The van der Waals surface area contributed by atoms with Gasteiger partial charge < -0.3 is 4.74 Å². The molecule has 0 atom stereocenters. The fourth-order valence-electron chi connectivity index (χ4n) is 1.39. The third kappa shape index (κ3) is 3.34. The van der Waals surface area contributed by atoms with Gasteiger partial charge >= 0.3 is 6.18 Å². The summed E-state index contributed by atoms with van der Waals surface area (Å²) in [6.07, 6.45) is -4.46. The van der Waals surface area contributed by atoms with Crippen LogP contribution < -0.4 is 4.74 Å². The van der Waals surface area contributed by atoms with Crippen molar-refractivity contribution >= 4 is 17.2 Å². The molecule has 0 saturated carbocycles. The van der Waals surface area contributed by atoms with Gasteiger partial charge in [-0.3, -0.25) is 4.79 Å². The quantitative estimate of drug-likeness (QED) is 0.872. The Morgan fingerprint density at radius 1 is 1.53 bits per heavy atom. The van der Waals surface area contributed by atoms with Crippen molar-refractivity contribution in [2.45, 2.75) is 13.1 Å². The highest BCUT2D eigenvalue weighted by molar-refractivity contribution is 7.13. The molecule has 0 aliphatic heterocycles. The normalized spacial score (nSPS) is 11.6. The average molecular weight is 290 g/mol. The minimum absolute atomic E-state index is 0.215. The van der Waals surface area contributed by atoms with E-state index in [2.05, 4.69) is 9.84 Å². The van der Waals surface area contributed by atoms with E-state index in [1.54, 1.807) is 17.5 Å². The Morgan fingerprint density at radius 3 is 2.79 bits per heavy atom. The standard InChI is InChI=1S/C11H9F3N2O2S/c1-7(17)16-10(18-6-11(12,13)14)5-8(15-16)9-3-2-4-19-9/h2-5H,6H2,1H3. The third-order valence-corrected chi connectivity index (χ3v) is 3.02. The van der Waals surface area contributed by atoms with Crippen LogP contribution in [-0.4, -0.2) is 28.5 Å². The van der Waals surface area contributed by atoms with Crippen molar-refractivity contribution < 1.29 is 22.7 Å². The van der Waals surface area contributed by atoms with E-state index in [0.29, 0.717) is 5.69 Å². The first-order valence-electron chi connectivity index (χ1n) is 5.21. The van der Waals surface area contributed by atoms with Gasteiger partial charge in [0.25, 0.3) is 0 Å². The Hall–Kier alpha value is -1.83. The summed E-state index contributed by atoms with van der Waals surface area (Å²) in [4.78, 5) is 12.1.